The Morgan fingerprint density at radius 2 is 1.81 bits per heavy atom. The molecule has 1 amide bonds. The summed E-state index contributed by atoms with van der Waals surface area (Å²) in [4.78, 5) is 15.0. The van der Waals surface area contributed by atoms with E-state index >= 15 is 0 Å². The Hall–Kier alpha value is -1.16. The van der Waals surface area contributed by atoms with Crippen molar-refractivity contribution >= 4 is 28.3 Å². The number of nitrogens with zero attached hydrogens (tertiary/aromatic N) is 3. The van der Waals surface area contributed by atoms with Crippen molar-refractivity contribution in [3.8, 4) is 0 Å². The van der Waals surface area contributed by atoms with Crippen molar-refractivity contribution in [1.29, 1.82) is 0 Å². The number of halogens is 1. The van der Waals surface area contributed by atoms with Crippen LogP contribution in [0.1, 0.15) is 38.1 Å². The third-order valence-electron chi connectivity index (χ3n) is 5.69. The summed E-state index contributed by atoms with van der Waals surface area (Å²) >= 11 is 0. The van der Waals surface area contributed by atoms with Gasteiger partial charge in [0, 0.05) is 44.2 Å². The van der Waals surface area contributed by atoms with E-state index in [4.69, 9.17) is 4.52 Å². The molecule has 0 saturated carbocycles. The van der Waals surface area contributed by atoms with Gasteiger partial charge in [0.1, 0.15) is 10.6 Å². The molecule has 1 N–H and O–H groups in total. The van der Waals surface area contributed by atoms with Crippen molar-refractivity contribution in [2.75, 3.05) is 26.2 Å². The molecule has 10 heteroatoms. The smallest absolute Gasteiger partial charge is 0.248 e. The number of sulfonamides is 1. The SMILES string of the molecule is Cc1noc(C)c1S(=O)(=O)N1CCC(C(=O)N2CCNC(C)C2C)CC1.Cl. The van der Waals surface area contributed by atoms with Gasteiger partial charge in [0.25, 0.3) is 0 Å². The zero-order valence-electron chi connectivity index (χ0n) is 16.3. The minimum absolute atomic E-state index is 0. The summed E-state index contributed by atoms with van der Waals surface area (Å²) in [6.45, 7) is 9.59. The fourth-order valence-electron chi connectivity index (χ4n) is 3.92. The molecule has 0 radical (unpaired) electrons. The number of hydrogen-bond donors (Lipinski definition) is 1. The van der Waals surface area contributed by atoms with Crippen LogP contribution >= 0.6 is 12.4 Å². The molecule has 2 aliphatic rings. The van der Waals surface area contributed by atoms with Crippen molar-refractivity contribution in [1.82, 2.24) is 19.7 Å². The number of nitrogens with one attached hydrogen (secondary N) is 1. The van der Waals surface area contributed by atoms with Gasteiger partial charge < -0.3 is 14.7 Å². The predicted octanol–water partition coefficient (Wildman–Crippen LogP) is 1.32. The molecule has 0 aliphatic carbocycles. The van der Waals surface area contributed by atoms with Crippen molar-refractivity contribution in [2.24, 2.45) is 5.92 Å². The summed E-state index contributed by atoms with van der Waals surface area (Å²) in [5.41, 5.74) is 0.379. The molecule has 2 unspecified atom stereocenters. The highest BCUT2D eigenvalue weighted by Crippen LogP contribution is 2.29. The maximum Gasteiger partial charge on any atom is 0.248 e. The van der Waals surface area contributed by atoms with E-state index in [1.165, 1.54) is 4.31 Å². The fraction of sp³-hybridized carbons (Fsp3) is 0.765. The van der Waals surface area contributed by atoms with E-state index in [-0.39, 0.29) is 41.2 Å². The Labute approximate surface area is 167 Å². The summed E-state index contributed by atoms with van der Waals surface area (Å²) in [6.07, 6.45) is 1.10. The normalized spacial score (nSPS) is 25.3. The van der Waals surface area contributed by atoms with Crippen LogP contribution in [-0.2, 0) is 14.8 Å². The Kier molecular flexibility index (Phi) is 6.94. The second kappa shape index (κ2) is 8.46. The van der Waals surface area contributed by atoms with Crippen molar-refractivity contribution < 1.29 is 17.7 Å². The van der Waals surface area contributed by atoms with Gasteiger partial charge in [0.05, 0.1) is 0 Å². The average Bonchev–Trinajstić information content (AvgIpc) is 2.96. The van der Waals surface area contributed by atoms with Crippen LogP contribution in [0, 0.1) is 19.8 Å². The van der Waals surface area contributed by atoms with Crippen LogP contribution in [0.2, 0.25) is 0 Å². The standard InChI is InChI=1S/C17H28N4O4S.ClH/c1-11-13(3)21(10-7-18-11)17(22)15-5-8-20(9-6-15)26(23,24)16-12(2)19-25-14(16)4;/h11,13,15,18H,5-10H2,1-4H3;1H. The largest absolute Gasteiger partial charge is 0.360 e. The molecule has 3 rings (SSSR count). The van der Waals surface area contributed by atoms with Crippen molar-refractivity contribution in [3.05, 3.63) is 11.5 Å². The molecule has 2 saturated heterocycles. The van der Waals surface area contributed by atoms with Gasteiger partial charge in [-0.05, 0) is 40.5 Å². The lowest BCUT2D eigenvalue weighted by molar-refractivity contribution is -0.140. The Morgan fingerprint density at radius 1 is 1.19 bits per heavy atom. The van der Waals surface area contributed by atoms with E-state index in [2.05, 4.69) is 24.3 Å². The molecule has 1 aromatic heterocycles. The lowest BCUT2D eigenvalue weighted by Gasteiger charge is -2.41. The van der Waals surface area contributed by atoms with Crippen LogP contribution in [0.15, 0.2) is 9.42 Å². The summed E-state index contributed by atoms with van der Waals surface area (Å²) in [5.74, 6) is 0.350. The first-order valence-corrected chi connectivity index (χ1v) is 10.6. The molecule has 1 aromatic rings. The average molecular weight is 421 g/mol. The topological polar surface area (TPSA) is 95.8 Å². The molecule has 27 heavy (non-hydrogen) atoms. The fourth-order valence-corrected chi connectivity index (χ4v) is 5.68. The minimum atomic E-state index is -3.63. The molecule has 2 atom stereocenters. The van der Waals surface area contributed by atoms with Gasteiger partial charge in [-0.2, -0.15) is 4.31 Å². The summed E-state index contributed by atoms with van der Waals surface area (Å²) < 4.78 is 32.2. The summed E-state index contributed by atoms with van der Waals surface area (Å²) in [6, 6.07) is 0.424. The highest BCUT2D eigenvalue weighted by atomic mass is 35.5. The van der Waals surface area contributed by atoms with Crippen LogP contribution in [0.5, 0.6) is 0 Å². The first-order valence-electron chi connectivity index (χ1n) is 9.20. The van der Waals surface area contributed by atoms with Gasteiger partial charge >= 0.3 is 0 Å². The Balaban J connectivity index is 0.00000261. The molecule has 8 nitrogen and oxygen atoms in total. The van der Waals surface area contributed by atoms with Crippen LogP contribution in [0.3, 0.4) is 0 Å². The molecule has 0 bridgehead atoms. The monoisotopic (exact) mass is 420 g/mol. The number of carbonyl (C=O) groups excluding carboxylic acids is 1. The van der Waals surface area contributed by atoms with E-state index in [1.807, 2.05) is 4.90 Å². The highest BCUT2D eigenvalue weighted by Gasteiger charge is 2.38. The molecular weight excluding hydrogens is 392 g/mol. The zero-order valence-corrected chi connectivity index (χ0v) is 17.9. The first kappa shape index (κ1) is 22.1. The van der Waals surface area contributed by atoms with Crippen LogP contribution in [0.25, 0.3) is 0 Å². The lowest BCUT2D eigenvalue weighted by Crippen LogP contribution is -2.59. The van der Waals surface area contributed by atoms with E-state index in [9.17, 15) is 13.2 Å². The molecular formula is C17H29ClN4O4S. The predicted molar refractivity (Wildman–Crippen MR) is 103 cm³/mol. The van der Waals surface area contributed by atoms with Gasteiger partial charge in [-0.15, -0.1) is 12.4 Å². The second-order valence-corrected chi connectivity index (χ2v) is 9.22. The second-order valence-electron chi connectivity index (χ2n) is 7.35. The summed E-state index contributed by atoms with van der Waals surface area (Å²) in [7, 11) is -3.63. The maximum absolute atomic E-state index is 12.9. The van der Waals surface area contributed by atoms with E-state index in [0.29, 0.717) is 43.9 Å². The Morgan fingerprint density at radius 3 is 2.37 bits per heavy atom. The van der Waals surface area contributed by atoms with Crippen LogP contribution in [0.4, 0.5) is 0 Å². The van der Waals surface area contributed by atoms with Gasteiger partial charge in [0.2, 0.25) is 15.9 Å². The number of amides is 1. The summed E-state index contributed by atoms with van der Waals surface area (Å²) in [5, 5.41) is 7.13. The molecule has 3 heterocycles. The van der Waals surface area contributed by atoms with Gasteiger partial charge in [-0.25, -0.2) is 8.42 Å². The quantitative estimate of drug-likeness (QED) is 0.792. The maximum atomic E-state index is 12.9. The number of aryl methyl sites for hydroxylation is 2. The molecule has 0 spiro atoms. The number of carbonyl (C=O) groups is 1. The molecule has 0 aromatic carbocycles. The zero-order chi connectivity index (χ0) is 19.1. The van der Waals surface area contributed by atoms with E-state index in [1.54, 1.807) is 13.8 Å². The third kappa shape index (κ3) is 4.16. The van der Waals surface area contributed by atoms with Crippen molar-refractivity contribution in [3.63, 3.8) is 0 Å². The van der Waals surface area contributed by atoms with Crippen LogP contribution in [-0.4, -0.2) is 66.9 Å². The molecule has 2 fully saturated rings. The number of piperazine rings is 1. The lowest BCUT2D eigenvalue weighted by atomic mass is 9.94. The first-order chi connectivity index (χ1) is 12.2. The van der Waals surface area contributed by atoms with Crippen LogP contribution < -0.4 is 5.32 Å². The molecule has 2 aliphatic heterocycles. The van der Waals surface area contributed by atoms with E-state index < -0.39 is 10.0 Å². The number of aromatic nitrogens is 1. The Bertz CT molecular complexity index is 754. The number of piperidine rings is 1. The van der Waals surface area contributed by atoms with Gasteiger partial charge in [-0.3, -0.25) is 4.79 Å². The molecule has 154 valence electrons. The minimum Gasteiger partial charge on any atom is -0.360 e. The number of rotatable bonds is 3. The van der Waals surface area contributed by atoms with E-state index in [0.717, 1.165) is 6.54 Å². The highest BCUT2D eigenvalue weighted by molar-refractivity contribution is 7.89. The van der Waals surface area contributed by atoms with Gasteiger partial charge in [0.15, 0.2) is 5.76 Å². The van der Waals surface area contributed by atoms with Gasteiger partial charge in [-0.1, -0.05) is 5.16 Å². The van der Waals surface area contributed by atoms with Crippen molar-refractivity contribution in [2.45, 2.75) is 57.5 Å². The number of hydrogen-bond acceptors (Lipinski definition) is 6. The third-order valence-corrected chi connectivity index (χ3v) is 7.83.